The number of nitrogens with one attached hydrogen (secondary N) is 1. The van der Waals surface area contributed by atoms with E-state index in [1.807, 2.05) is 20.8 Å². The molecule has 0 unspecified atom stereocenters. The molecule has 0 aliphatic heterocycles. The van der Waals surface area contributed by atoms with Crippen molar-refractivity contribution < 1.29 is 24.4 Å². The largest absolute Gasteiger partial charge is 0.358 e. The fourth-order valence-corrected chi connectivity index (χ4v) is 3.04. The summed E-state index contributed by atoms with van der Waals surface area (Å²) in [4.78, 5) is 3.25. The van der Waals surface area contributed by atoms with Crippen molar-refractivity contribution in [2.45, 2.75) is 52.4 Å². The molecule has 0 amide bonds. The van der Waals surface area contributed by atoms with Gasteiger partial charge >= 0.3 is 24.8 Å². The van der Waals surface area contributed by atoms with E-state index in [1.54, 1.807) is 20.0 Å². The Hall–Kier alpha value is -0.389. The molecule has 2 nitrogen and oxygen atoms in total. The molecule has 0 aliphatic rings. The molecule has 3 aromatic carbocycles. The van der Waals surface area contributed by atoms with Crippen LogP contribution in [0.25, 0.3) is 27.3 Å². The Labute approximate surface area is 216 Å². The van der Waals surface area contributed by atoms with Gasteiger partial charge in [0.25, 0.3) is 0 Å². The van der Waals surface area contributed by atoms with Gasteiger partial charge in [0.2, 0.25) is 0 Å². The summed E-state index contributed by atoms with van der Waals surface area (Å²) >= 11 is 1.75. The molecule has 0 aromatic heterocycles. The maximum atomic E-state index is 6.94. The SMILES string of the molecule is CC(C)(C)[NH-].Cl.Cl.[CH2-]CCO[Si](C)(C)C.[CH2]=[Ti].[CH3-].c1ccc2c(c1)[cH-]c1ccccc12. The van der Waals surface area contributed by atoms with E-state index in [0.29, 0.717) is 0 Å². The van der Waals surface area contributed by atoms with Crippen LogP contribution in [0.3, 0.4) is 0 Å². The first-order chi connectivity index (χ1) is 13.0. The van der Waals surface area contributed by atoms with Crippen molar-refractivity contribution >= 4 is 59.5 Å². The predicted molar refractivity (Wildman–Crippen MR) is 148 cm³/mol. The van der Waals surface area contributed by atoms with Gasteiger partial charge in [-0.2, -0.15) is 6.42 Å². The average Bonchev–Trinajstić information content (AvgIpc) is 2.99. The zero-order chi connectivity index (χ0) is 21.8. The Morgan fingerprint density at radius 3 is 1.52 bits per heavy atom. The molecule has 0 atom stereocenters. The summed E-state index contributed by atoms with van der Waals surface area (Å²) in [5.41, 5.74) is 6.69. The van der Waals surface area contributed by atoms with Crippen LogP contribution in [0.1, 0.15) is 27.2 Å². The smallest absolute Gasteiger partial charge is 0.0771 e. The summed E-state index contributed by atoms with van der Waals surface area (Å²) in [7, 11) is -1.22. The Morgan fingerprint density at radius 2 is 1.26 bits per heavy atom. The topological polar surface area (TPSA) is 33.0 Å². The van der Waals surface area contributed by atoms with E-state index < -0.39 is 8.32 Å². The van der Waals surface area contributed by atoms with Gasteiger partial charge in [0, 0.05) is 6.61 Å². The van der Waals surface area contributed by atoms with E-state index in [1.165, 1.54) is 21.5 Å². The second-order valence-electron chi connectivity index (χ2n) is 8.38. The summed E-state index contributed by atoms with van der Waals surface area (Å²) in [6.45, 7) is 16.6. The molecule has 0 radical (unpaired) electrons. The molecule has 178 valence electrons. The number of benzene rings is 2. The molecular weight excluding hydrogens is 477 g/mol. The van der Waals surface area contributed by atoms with Gasteiger partial charge < -0.3 is 24.5 Å². The Bertz CT molecular complexity index is 754. The fraction of sp³-hybridized carbons (Fsp3) is 0.360. The third-order valence-electron chi connectivity index (χ3n) is 3.20. The number of rotatable bonds is 3. The van der Waals surface area contributed by atoms with Gasteiger partial charge in [0.15, 0.2) is 8.32 Å². The molecule has 0 aliphatic carbocycles. The monoisotopic (exact) mass is 517 g/mol. The second-order valence-corrected chi connectivity index (χ2v) is 12.9. The van der Waals surface area contributed by atoms with E-state index >= 15 is 0 Å². The molecular formula is C25H41Cl2NOSiTi-4. The van der Waals surface area contributed by atoms with Crippen molar-refractivity contribution in [3.8, 4) is 0 Å². The Morgan fingerprint density at radius 1 is 0.935 bits per heavy atom. The van der Waals surface area contributed by atoms with Crippen LogP contribution in [-0.4, -0.2) is 25.3 Å². The van der Waals surface area contributed by atoms with Crippen LogP contribution in [0, 0.1) is 14.4 Å². The summed E-state index contributed by atoms with van der Waals surface area (Å²) in [5, 5.41) is 5.39. The molecule has 0 fully saturated rings. The normalized spacial score (nSPS) is 9.77. The van der Waals surface area contributed by atoms with E-state index in [0.717, 1.165) is 13.0 Å². The van der Waals surface area contributed by atoms with E-state index in [2.05, 4.69) is 86.0 Å². The van der Waals surface area contributed by atoms with Crippen molar-refractivity contribution in [1.29, 1.82) is 0 Å². The summed E-state index contributed by atoms with van der Waals surface area (Å²) in [6.07, 6.45) is 0.893. The minimum absolute atomic E-state index is 0. The quantitative estimate of drug-likeness (QED) is 0.252. The third-order valence-corrected chi connectivity index (χ3v) is 4.27. The van der Waals surface area contributed by atoms with Crippen LogP contribution in [0.4, 0.5) is 0 Å². The van der Waals surface area contributed by atoms with Gasteiger partial charge in [-0.25, -0.2) is 0 Å². The van der Waals surface area contributed by atoms with E-state index in [9.17, 15) is 0 Å². The molecule has 0 bridgehead atoms. The van der Waals surface area contributed by atoms with Crippen LogP contribution >= 0.6 is 24.8 Å². The minimum atomic E-state index is -1.22. The van der Waals surface area contributed by atoms with Crippen LogP contribution < -0.4 is 0 Å². The number of fused-ring (bicyclic) bond motifs is 3. The van der Waals surface area contributed by atoms with Gasteiger partial charge in [-0.15, -0.1) is 70.1 Å². The van der Waals surface area contributed by atoms with Crippen molar-refractivity contribution in [2.24, 2.45) is 0 Å². The van der Waals surface area contributed by atoms with Crippen molar-refractivity contribution in [3.05, 3.63) is 74.7 Å². The van der Waals surface area contributed by atoms with Crippen molar-refractivity contribution in [3.63, 3.8) is 0 Å². The van der Waals surface area contributed by atoms with Gasteiger partial charge in [-0.1, -0.05) is 57.2 Å². The molecule has 1 N–H and O–H groups in total. The number of hydrogen-bond donors (Lipinski definition) is 0. The van der Waals surface area contributed by atoms with Gasteiger partial charge in [-0.05, 0) is 19.6 Å². The van der Waals surface area contributed by atoms with Gasteiger partial charge in [0.1, 0.15) is 0 Å². The third kappa shape index (κ3) is 18.8. The summed E-state index contributed by atoms with van der Waals surface area (Å²) in [6, 6.07) is 19.3. The molecule has 0 saturated heterocycles. The Kier molecular flexibility index (Phi) is 23.4. The fourth-order valence-electron chi connectivity index (χ4n) is 2.28. The molecule has 3 aromatic rings. The molecule has 0 spiro atoms. The van der Waals surface area contributed by atoms with Crippen molar-refractivity contribution in [1.82, 2.24) is 0 Å². The first-order valence-electron chi connectivity index (χ1n) is 9.58. The molecule has 3 rings (SSSR count). The maximum absolute atomic E-state index is 6.94. The van der Waals surface area contributed by atoms with Crippen LogP contribution in [0.2, 0.25) is 19.6 Å². The first kappa shape index (κ1) is 37.9. The number of halogens is 2. The van der Waals surface area contributed by atoms with Crippen molar-refractivity contribution in [2.75, 3.05) is 6.61 Å². The van der Waals surface area contributed by atoms with Crippen LogP contribution in [-0.2, 0) is 24.4 Å². The van der Waals surface area contributed by atoms with Gasteiger partial charge in [-0.3, -0.25) is 0 Å². The van der Waals surface area contributed by atoms with E-state index in [-0.39, 0.29) is 37.8 Å². The zero-order valence-corrected chi connectivity index (χ0v) is 24.4. The molecule has 6 heteroatoms. The number of hydrogen-bond acceptors (Lipinski definition) is 1. The van der Waals surface area contributed by atoms with E-state index in [4.69, 9.17) is 10.2 Å². The molecule has 0 saturated carbocycles. The Balaban J connectivity index is -0.000000179. The van der Waals surface area contributed by atoms with Crippen LogP contribution in [0.15, 0.2) is 54.6 Å². The minimum Gasteiger partial charge on any atom is -0.358 e. The maximum Gasteiger partial charge on any atom is -0.0771 e. The second kappa shape index (κ2) is 19.1. The molecule has 31 heavy (non-hydrogen) atoms. The summed E-state index contributed by atoms with van der Waals surface area (Å²) < 4.78 is 5.45. The predicted octanol–water partition coefficient (Wildman–Crippen LogP) is 8.87. The van der Waals surface area contributed by atoms with Crippen LogP contribution in [0.5, 0.6) is 0 Å². The zero-order valence-electron chi connectivity index (χ0n) is 20.2. The van der Waals surface area contributed by atoms with Gasteiger partial charge in [0.05, 0.1) is 0 Å². The average molecular weight is 518 g/mol. The molecule has 0 heterocycles. The standard InChI is InChI=1S/C13H9.C6H15OSi.C4H10N.CH3.CH2.2ClH.Ti/c1-3-7-12-10(5-1)9-11-6-2-4-8-13(11)12;1-5-6-7-8(2,3)4;1-4(2,3)5;;;;;/h1-9H;1,5-6H2,2-4H3;5H,1-3H3;1H3;1H2;2*1H;/q4*-1;;;;. The summed E-state index contributed by atoms with van der Waals surface area (Å²) in [5.74, 6) is 0. The first-order valence-corrected chi connectivity index (χ1v) is 14.1.